The second kappa shape index (κ2) is 3.40. The van der Waals surface area contributed by atoms with Crippen molar-refractivity contribution in [2.45, 2.75) is 25.8 Å². The molecule has 1 aliphatic rings. The van der Waals surface area contributed by atoms with E-state index in [1.54, 1.807) is 0 Å². The van der Waals surface area contributed by atoms with E-state index in [1.807, 2.05) is 12.5 Å². The summed E-state index contributed by atoms with van der Waals surface area (Å²) in [5.41, 5.74) is 0. The fourth-order valence-corrected chi connectivity index (χ4v) is 1.11. The zero-order valence-corrected chi connectivity index (χ0v) is 6.62. The average Bonchev–Trinajstić information content (AvgIpc) is 1.94. The van der Waals surface area contributed by atoms with Crippen LogP contribution < -0.4 is 0 Å². The van der Waals surface area contributed by atoms with Crippen molar-refractivity contribution in [3.8, 4) is 0 Å². The molecule has 0 saturated heterocycles. The molecule has 2 heteroatoms. The first-order chi connectivity index (χ1) is 4.84. The molecule has 0 aromatic carbocycles. The summed E-state index contributed by atoms with van der Waals surface area (Å²) in [4.78, 5) is 6.15. The highest BCUT2D eigenvalue weighted by Gasteiger charge is 2.08. The van der Waals surface area contributed by atoms with Gasteiger partial charge in [-0.25, -0.2) is 4.99 Å². The standard InChI is InChI=1S/C8H14N2/c1-3-4-8-5-6-9-7-10(8)2/h5-8H,3-4H2,1-2H3. The largest absolute Gasteiger partial charge is 0.359 e. The van der Waals surface area contributed by atoms with Crippen LogP contribution in [0.2, 0.25) is 0 Å². The Bertz CT molecular complexity index is 149. The van der Waals surface area contributed by atoms with Gasteiger partial charge in [-0.3, -0.25) is 0 Å². The van der Waals surface area contributed by atoms with Gasteiger partial charge in [-0.2, -0.15) is 0 Å². The van der Waals surface area contributed by atoms with Gasteiger partial charge in [-0.15, -0.1) is 0 Å². The molecule has 56 valence electrons. The molecule has 1 rings (SSSR count). The first-order valence-electron chi connectivity index (χ1n) is 3.76. The summed E-state index contributed by atoms with van der Waals surface area (Å²) in [5, 5.41) is 0. The van der Waals surface area contributed by atoms with E-state index in [4.69, 9.17) is 0 Å². The van der Waals surface area contributed by atoms with E-state index in [0.717, 1.165) is 0 Å². The molecule has 10 heavy (non-hydrogen) atoms. The van der Waals surface area contributed by atoms with E-state index in [2.05, 4.69) is 29.9 Å². The van der Waals surface area contributed by atoms with Crippen LogP contribution in [-0.4, -0.2) is 24.3 Å². The van der Waals surface area contributed by atoms with Crippen LogP contribution in [0.3, 0.4) is 0 Å². The lowest BCUT2D eigenvalue weighted by Gasteiger charge is -2.24. The lowest BCUT2D eigenvalue weighted by Crippen LogP contribution is -2.30. The fraction of sp³-hybridized carbons (Fsp3) is 0.625. The highest BCUT2D eigenvalue weighted by atomic mass is 15.2. The molecule has 0 radical (unpaired) electrons. The third-order valence-electron chi connectivity index (χ3n) is 1.75. The maximum atomic E-state index is 4.01. The van der Waals surface area contributed by atoms with Gasteiger partial charge in [0.15, 0.2) is 0 Å². The monoisotopic (exact) mass is 138 g/mol. The first kappa shape index (κ1) is 7.32. The van der Waals surface area contributed by atoms with Crippen LogP contribution in [0.4, 0.5) is 0 Å². The minimum atomic E-state index is 0.572. The minimum absolute atomic E-state index is 0.572. The molecule has 2 nitrogen and oxygen atoms in total. The molecule has 0 amide bonds. The predicted octanol–water partition coefficient (Wildman–Crippen LogP) is 1.64. The number of hydrogen-bond donors (Lipinski definition) is 0. The maximum Gasteiger partial charge on any atom is 0.0907 e. The minimum Gasteiger partial charge on any atom is -0.359 e. The van der Waals surface area contributed by atoms with Gasteiger partial charge in [0.1, 0.15) is 0 Å². The van der Waals surface area contributed by atoms with Gasteiger partial charge in [0, 0.05) is 19.3 Å². The third kappa shape index (κ3) is 1.59. The third-order valence-corrected chi connectivity index (χ3v) is 1.75. The summed E-state index contributed by atoms with van der Waals surface area (Å²) in [5.74, 6) is 0. The smallest absolute Gasteiger partial charge is 0.0907 e. The van der Waals surface area contributed by atoms with Crippen LogP contribution in [0.15, 0.2) is 17.3 Å². The zero-order chi connectivity index (χ0) is 7.40. The summed E-state index contributed by atoms with van der Waals surface area (Å²) in [6.45, 7) is 2.20. The van der Waals surface area contributed by atoms with Gasteiger partial charge < -0.3 is 4.90 Å². The molecule has 0 aliphatic carbocycles. The molecule has 0 spiro atoms. The van der Waals surface area contributed by atoms with E-state index in [1.165, 1.54) is 12.8 Å². The Morgan fingerprint density at radius 2 is 2.40 bits per heavy atom. The van der Waals surface area contributed by atoms with Crippen LogP contribution in [0.25, 0.3) is 0 Å². The lowest BCUT2D eigenvalue weighted by atomic mass is 10.1. The summed E-state index contributed by atoms with van der Waals surface area (Å²) in [6, 6.07) is 0.572. The molecule has 1 heterocycles. The van der Waals surface area contributed by atoms with E-state index in [9.17, 15) is 0 Å². The highest BCUT2D eigenvalue weighted by molar-refractivity contribution is 5.57. The molecule has 0 fully saturated rings. The molecule has 0 saturated carbocycles. The number of likely N-dealkylation sites (N-methyl/N-ethyl adjacent to an activating group) is 1. The van der Waals surface area contributed by atoms with Gasteiger partial charge >= 0.3 is 0 Å². The normalized spacial score (nSPS) is 23.8. The van der Waals surface area contributed by atoms with Crippen LogP contribution in [0, 0.1) is 0 Å². The average molecular weight is 138 g/mol. The van der Waals surface area contributed by atoms with Gasteiger partial charge in [0.2, 0.25) is 0 Å². The SMILES string of the molecule is CCCC1C=CN=CN1C. The number of nitrogens with zero attached hydrogens (tertiary/aromatic N) is 2. The number of hydrogen-bond acceptors (Lipinski definition) is 2. The molecule has 0 aromatic heterocycles. The van der Waals surface area contributed by atoms with Crippen LogP contribution in [0.1, 0.15) is 19.8 Å². The number of aliphatic imine (C=N–C) groups is 1. The van der Waals surface area contributed by atoms with E-state index < -0.39 is 0 Å². The summed E-state index contributed by atoms with van der Waals surface area (Å²) >= 11 is 0. The predicted molar refractivity (Wildman–Crippen MR) is 44.1 cm³/mol. The van der Waals surface area contributed by atoms with E-state index in [-0.39, 0.29) is 0 Å². The summed E-state index contributed by atoms with van der Waals surface area (Å²) in [6.07, 6.45) is 8.34. The molecular formula is C8H14N2. The second-order valence-corrected chi connectivity index (χ2v) is 2.63. The Kier molecular flexibility index (Phi) is 2.49. The van der Waals surface area contributed by atoms with E-state index in [0.29, 0.717) is 6.04 Å². The lowest BCUT2D eigenvalue weighted by molar-refractivity contribution is 0.406. The quantitative estimate of drug-likeness (QED) is 0.566. The van der Waals surface area contributed by atoms with E-state index >= 15 is 0 Å². The van der Waals surface area contributed by atoms with Crippen molar-refractivity contribution in [1.82, 2.24) is 4.90 Å². The van der Waals surface area contributed by atoms with Gasteiger partial charge in [0.25, 0.3) is 0 Å². The van der Waals surface area contributed by atoms with Gasteiger partial charge in [-0.1, -0.05) is 13.3 Å². The van der Waals surface area contributed by atoms with Crippen molar-refractivity contribution in [2.75, 3.05) is 7.05 Å². The highest BCUT2D eigenvalue weighted by Crippen LogP contribution is 2.07. The van der Waals surface area contributed by atoms with Crippen molar-refractivity contribution in [1.29, 1.82) is 0 Å². The topological polar surface area (TPSA) is 15.6 Å². The molecule has 0 bridgehead atoms. The molecular weight excluding hydrogens is 124 g/mol. The molecule has 0 aromatic rings. The van der Waals surface area contributed by atoms with Crippen molar-refractivity contribution in [3.05, 3.63) is 12.3 Å². The summed E-state index contributed by atoms with van der Waals surface area (Å²) < 4.78 is 0. The zero-order valence-electron chi connectivity index (χ0n) is 6.62. The van der Waals surface area contributed by atoms with Crippen molar-refractivity contribution in [2.24, 2.45) is 4.99 Å². The van der Waals surface area contributed by atoms with Crippen molar-refractivity contribution in [3.63, 3.8) is 0 Å². The van der Waals surface area contributed by atoms with Crippen LogP contribution in [0.5, 0.6) is 0 Å². The molecule has 1 aliphatic heterocycles. The van der Waals surface area contributed by atoms with Crippen LogP contribution >= 0.6 is 0 Å². The summed E-state index contributed by atoms with van der Waals surface area (Å²) in [7, 11) is 2.06. The van der Waals surface area contributed by atoms with Crippen molar-refractivity contribution >= 4 is 6.34 Å². The van der Waals surface area contributed by atoms with Gasteiger partial charge in [-0.05, 0) is 12.5 Å². The second-order valence-electron chi connectivity index (χ2n) is 2.63. The Hall–Kier alpha value is -0.790. The van der Waals surface area contributed by atoms with Gasteiger partial charge in [0.05, 0.1) is 6.34 Å². The molecule has 1 atom stereocenters. The number of rotatable bonds is 2. The Morgan fingerprint density at radius 3 is 3.00 bits per heavy atom. The Balaban J connectivity index is 2.44. The van der Waals surface area contributed by atoms with Crippen molar-refractivity contribution < 1.29 is 0 Å². The maximum absolute atomic E-state index is 4.01. The Morgan fingerprint density at radius 1 is 1.60 bits per heavy atom. The first-order valence-corrected chi connectivity index (χ1v) is 3.76. The molecule has 0 N–H and O–H groups in total. The molecule has 1 unspecified atom stereocenters. The Labute approximate surface area is 62.3 Å². The van der Waals surface area contributed by atoms with Crippen LogP contribution in [-0.2, 0) is 0 Å². The fourth-order valence-electron chi connectivity index (χ4n) is 1.11.